The van der Waals surface area contributed by atoms with Gasteiger partial charge in [-0.25, -0.2) is 0 Å². The highest BCUT2D eigenvalue weighted by Gasteiger charge is 2.53. The molecule has 0 saturated carbocycles. The van der Waals surface area contributed by atoms with Gasteiger partial charge in [-0.1, -0.05) is 121 Å². The highest BCUT2D eigenvalue weighted by Crippen LogP contribution is 2.47. The van der Waals surface area contributed by atoms with Crippen molar-refractivity contribution in [2.45, 2.75) is 11.6 Å². The van der Waals surface area contributed by atoms with Crippen LogP contribution in [0.3, 0.4) is 0 Å². The van der Waals surface area contributed by atoms with Gasteiger partial charge in [0.2, 0.25) is 11.6 Å². The lowest BCUT2D eigenvalue weighted by molar-refractivity contribution is -0.357. The minimum absolute atomic E-state index is 0.403. The minimum atomic E-state index is -0.957. The van der Waals surface area contributed by atoms with Crippen LogP contribution in [0.15, 0.2) is 121 Å². The lowest BCUT2D eigenvalue weighted by atomic mass is 9.86. The van der Waals surface area contributed by atoms with Crippen LogP contribution >= 0.6 is 0 Å². The van der Waals surface area contributed by atoms with Crippen molar-refractivity contribution in [2.75, 3.05) is 26.4 Å². The summed E-state index contributed by atoms with van der Waals surface area (Å²) in [6.07, 6.45) is 0. The molecule has 1 spiro atoms. The lowest BCUT2D eigenvalue weighted by Gasteiger charge is -2.51. The predicted octanol–water partition coefficient (Wildman–Crippen LogP) is 5.87. The summed E-state index contributed by atoms with van der Waals surface area (Å²) in [5, 5.41) is 0. The Morgan fingerprint density at radius 2 is 0.571 bits per heavy atom. The molecule has 2 aliphatic heterocycles. The van der Waals surface area contributed by atoms with Crippen LogP contribution in [-0.2, 0) is 30.5 Å². The van der Waals surface area contributed by atoms with Crippen LogP contribution in [0.25, 0.3) is 0 Å². The molecule has 2 saturated heterocycles. The minimum Gasteiger partial charge on any atom is -0.341 e. The Hall–Kier alpha value is -3.28. The molecule has 4 aromatic rings. The summed E-state index contributed by atoms with van der Waals surface area (Å²) in [7, 11) is 0. The first-order valence-corrected chi connectivity index (χ1v) is 12.0. The van der Waals surface area contributed by atoms with Gasteiger partial charge in [-0.05, 0) is 0 Å². The third kappa shape index (κ3) is 3.89. The molecule has 0 unspecified atom stereocenters. The van der Waals surface area contributed by atoms with E-state index in [0.29, 0.717) is 26.4 Å². The SMILES string of the molecule is c1ccc(C2(c3ccccc3)OCC3(CO2)COC(c2ccccc2)(c2ccccc2)OC3)cc1. The summed E-state index contributed by atoms with van der Waals surface area (Å²) >= 11 is 0. The molecule has 4 heteroatoms. The zero-order chi connectivity index (χ0) is 23.6. The molecule has 2 aliphatic rings. The Labute approximate surface area is 206 Å². The van der Waals surface area contributed by atoms with E-state index in [-0.39, 0.29) is 0 Å². The monoisotopic (exact) mass is 464 g/mol. The average Bonchev–Trinajstić information content (AvgIpc) is 2.96. The molecule has 6 rings (SSSR count). The van der Waals surface area contributed by atoms with Gasteiger partial charge in [0.05, 0.1) is 31.8 Å². The van der Waals surface area contributed by atoms with Gasteiger partial charge in [-0.15, -0.1) is 0 Å². The normalized spacial score (nSPS) is 20.3. The molecule has 4 nitrogen and oxygen atoms in total. The maximum absolute atomic E-state index is 6.63. The first-order chi connectivity index (χ1) is 17.2. The Balaban J connectivity index is 1.28. The van der Waals surface area contributed by atoms with Gasteiger partial charge in [0.1, 0.15) is 0 Å². The van der Waals surface area contributed by atoms with Crippen molar-refractivity contribution >= 4 is 0 Å². The molecular weight excluding hydrogens is 436 g/mol. The highest BCUT2D eigenvalue weighted by atomic mass is 16.7. The molecule has 0 radical (unpaired) electrons. The quantitative estimate of drug-likeness (QED) is 0.379. The number of rotatable bonds is 4. The molecular formula is C31H28O4. The van der Waals surface area contributed by atoms with Crippen molar-refractivity contribution in [3.63, 3.8) is 0 Å². The first kappa shape index (κ1) is 22.2. The third-order valence-corrected chi connectivity index (χ3v) is 6.94. The fourth-order valence-corrected chi connectivity index (χ4v) is 4.98. The summed E-state index contributed by atoms with van der Waals surface area (Å²) in [4.78, 5) is 0. The van der Waals surface area contributed by atoms with E-state index in [1.54, 1.807) is 0 Å². The Bertz CT molecular complexity index is 1040. The molecule has 0 aromatic heterocycles. The van der Waals surface area contributed by atoms with Crippen molar-refractivity contribution in [3.8, 4) is 0 Å². The van der Waals surface area contributed by atoms with E-state index in [2.05, 4.69) is 48.5 Å². The molecule has 176 valence electrons. The molecule has 35 heavy (non-hydrogen) atoms. The molecule has 0 bridgehead atoms. The van der Waals surface area contributed by atoms with Crippen LogP contribution in [-0.4, -0.2) is 26.4 Å². The summed E-state index contributed by atoms with van der Waals surface area (Å²) in [6.45, 7) is 1.82. The largest absolute Gasteiger partial charge is 0.341 e. The number of hydrogen-bond donors (Lipinski definition) is 0. The fourth-order valence-electron chi connectivity index (χ4n) is 4.98. The zero-order valence-corrected chi connectivity index (χ0v) is 19.5. The highest BCUT2D eigenvalue weighted by molar-refractivity contribution is 5.36. The van der Waals surface area contributed by atoms with E-state index in [0.717, 1.165) is 22.3 Å². The second-order valence-corrected chi connectivity index (χ2v) is 9.35. The molecule has 4 aromatic carbocycles. The van der Waals surface area contributed by atoms with Crippen molar-refractivity contribution in [1.29, 1.82) is 0 Å². The summed E-state index contributed by atoms with van der Waals surface area (Å²) < 4.78 is 26.5. The van der Waals surface area contributed by atoms with E-state index in [1.165, 1.54) is 0 Å². The standard InChI is InChI=1S/C31H28O4/c1-5-13-25(14-6-1)30(26-15-7-2-8-16-26)32-21-29(22-33-30)23-34-31(35-24-29,27-17-9-3-10-18-27)28-19-11-4-12-20-28/h1-20H,21-24H2. The van der Waals surface area contributed by atoms with E-state index in [4.69, 9.17) is 18.9 Å². The Morgan fingerprint density at radius 1 is 0.343 bits per heavy atom. The van der Waals surface area contributed by atoms with E-state index >= 15 is 0 Å². The fraction of sp³-hybridized carbons (Fsp3) is 0.226. The molecule has 2 heterocycles. The van der Waals surface area contributed by atoms with Gasteiger partial charge in [0.25, 0.3) is 0 Å². The van der Waals surface area contributed by atoms with Gasteiger partial charge in [0.15, 0.2) is 0 Å². The van der Waals surface area contributed by atoms with Crippen molar-refractivity contribution in [3.05, 3.63) is 144 Å². The van der Waals surface area contributed by atoms with Gasteiger partial charge in [-0.3, -0.25) is 0 Å². The topological polar surface area (TPSA) is 36.9 Å². The summed E-state index contributed by atoms with van der Waals surface area (Å²) in [6, 6.07) is 40.5. The van der Waals surface area contributed by atoms with Crippen molar-refractivity contribution < 1.29 is 18.9 Å². The Kier molecular flexibility index (Phi) is 5.75. The maximum Gasteiger partial charge on any atom is 0.222 e. The molecule has 0 atom stereocenters. The first-order valence-electron chi connectivity index (χ1n) is 12.0. The van der Waals surface area contributed by atoms with Crippen molar-refractivity contribution in [2.24, 2.45) is 5.41 Å². The summed E-state index contributed by atoms with van der Waals surface area (Å²) in [5.41, 5.74) is 3.49. The van der Waals surface area contributed by atoms with Crippen molar-refractivity contribution in [1.82, 2.24) is 0 Å². The van der Waals surface area contributed by atoms with Crippen LogP contribution in [0.1, 0.15) is 22.3 Å². The van der Waals surface area contributed by atoms with E-state index < -0.39 is 17.0 Å². The van der Waals surface area contributed by atoms with Crippen LogP contribution in [0.4, 0.5) is 0 Å². The second-order valence-electron chi connectivity index (χ2n) is 9.35. The van der Waals surface area contributed by atoms with Gasteiger partial charge in [-0.2, -0.15) is 0 Å². The smallest absolute Gasteiger partial charge is 0.222 e. The van der Waals surface area contributed by atoms with E-state index in [9.17, 15) is 0 Å². The average molecular weight is 465 g/mol. The van der Waals surface area contributed by atoms with Crippen LogP contribution < -0.4 is 0 Å². The Morgan fingerprint density at radius 3 is 0.800 bits per heavy atom. The molecule has 0 aliphatic carbocycles. The molecule has 0 amide bonds. The van der Waals surface area contributed by atoms with Gasteiger partial charge >= 0.3 is 0 Å². The summed E-state index contributed by atoms with van der Waals surface area (Å²) in [5.74, 6) is -1.91. The lowest BCUT2D eigenvalue weighted by Crippen LogP contribution is -2.57. The number of hydrogen-bond acceptors (Lipinski definition) is 4. The third-order valence-electron chi connectivity index (χ3n) is 6.94. The predicted molar refractivity (Wildman–Crippen MR) is 134 cm³/mol. The zero-order valence-electron chi connectivity index (χ0n) is 19.5. The van der Waals surface area contributed by atoms with Crippen LogP contribution in [0, 0.1) is 5.41 Å². The van der Waals surface area contributed by atoms with Gasteiger partial charge in [0, 0.05) is 22.3 Å². The van der Waals surface area contributed by atoms with Crippen LogP contribution in [0.2, 0.25) is 0 Å². The maximum atomic E-state index is 6.63. The molecule has 2 fully saturated rings. The van der Waals surface area contributed by atoms with Gasteiger partial charge < -0.3 is 18.9 Å². The number of ether oxygens (including phenoxy) is 4. The number of benzene rings is 4. The molecule has 0 N–H and O–H groups in total. The second kappa shape index (κ2) is 9.06. The van der Waals surface area contributed by atoms with E-state index in [1.807, 2.05) is 72.8 Å². The van der Waals surface area contributed by atoms with Crippen LogP contribution in [0.5, 0.6) is 0 Å².